The molecule has 0 aliphatic heterocycles. The number of rotatable bonds is 10. The van der Waals surface area contributed by atoms with Gasteiger partial charge in [-0.1, -0.05) is 49.4 Å². The van der Waals surface area contributed by atoms with E-state index < -0.39 is 6.04 Å². The molecule has 6 heteroatoms. The molecule has 4 nitrogen and oxygen atoms in total. The van der Waals surface area contributed by atoms with Crippen LogP contribution in [0.5, 0.6) is 0 Å². The molecule has 0 fully saturated rings. The number of hydrogen-bond donors (Lipinski definition) is 1. The van der Waals surface area contributed by atoms with Crippen molar-refractivity contribution < 1.29 is 14.0 Å². The third-order valence-electron chi connectivity index (χ3n) is 4.42. The molecule has 2 amide bonds. The molecule has 0 bridgehead atoms. The van der Waals surface area contributed by atoms with Crippen LogP contribution < -0.4 is 5.32 Å². The maximum absolute atomic E-state index is 13.0. The summed E-state index contributed by atoms with van der Waals surface area (Å²) in [7, 11) is 0. The van der Waals surface area contributed by atoms with Gasteiger partial charge < -0.3 is 10.2 Å². The lowest BCUT2D eigenvalue weighted by Gasteiger charge is -2.31. The molecule has 0 saturated heterocycles. The SMILES string of the molecule is CC[C@@H](C(=O)NC(C)C)N(Cc1ccccc1)C(=O)CSCc1ccc(F)cc1. The molecule has 2 rings (SSSR count). The second kappa shape index (κ2) is 11.6. The van der Waals surface area contributed by atoms with Crippen LogP contribution in [0.4, 0.5) is 4.39 Å². The Kier molecular flexibility index (Phi) is 9.19. The highest BCUT2D eigenvalue weighted by Crippen LogP contribution is 2.17. The lowest BCUT2D eigenvalue weighted by molar-refractivity contribution is -0.139. The summed E-state index contributed by atoms with van der Waals surface area (Å²) in [4.78, 5) is 27.4. The fraction of sp³-hybridized carbons (Fsp3) is 0.391. The summed E-state index contributed by atoms with van der Waals surface area (Å²) in [6.07, 6.45) is 0.541. The zero-order chi connectivity index (χ0) is 21.2. The van der Waals surface area contributed by atoms with Crippen molar-refractivity contribution in [3.05, 3.63) is 71.5 Å². The van der Waals surface area contributed by atoms with E-state index in [1.807, 2.05) is 51.1 Å². The Morgan fingerprint density at radius 2 is 1.69 bits per heavy atom. The zero-order valence-corrected chi connectivity index (χ0v) is 18.0. The Bertz CT molecular complexity index is 781. The minimum Gasteiger partial charge on any atom is -0.352 e. The molecular weight excluding hydrogens is 387 g/mol. The Morgan fingerprint density at radius 1 is 1.03 bits per heavy atom. The average molecular weight is 417 g/mol. The summed E-state index contributed by atoms with van der Waals surface area (Å²) < 4.78 is 13.0. The molecule has 0 radical (unpaired) electrons. The number of hydrogen-bond acceptors (Lipinski definition) is 3. The first-order valence-electron chi connectivity index (χ1n) is 9.86. The summed E-state index contributed by atoms with van der Waals surface area (Å²) in [6, 6.07) is 15.5. The van der Waals surface area contributed by atoms with E-state index in [1.54, 1.807) is 17.0 Å². The van der Waals surface area contributed by atoms with E-state index in [4.69, 9.17) is 0 Å². The molecule has 2 aromatic rings. The molecule has 0 aliphatic carbocycles. The summed E-state index contributed by atoms with van der Waals surface area (Å²) in [5.41, 5.74) is 1.95. The number of carbonyl (C=O) groups excluding carboxylic acids is 2. The highest BCUT2D eigenvalue weighted by molar-refractivity contribution is 7.99. The van der Waals surface area contributed by atoms with Gasteiger partial charge in [-0.2, -0.15) is 0 Å². The van der Waals surface area contributed by atoms with Gasteiger partial charge in [0.05, 0.1) is 5.75 Å². The maximum atomic E-state index is 13.0. The number of benzene rings is 2. The number of nitrogens with one attached hydrogen (secondary N) is 1. The molecule has 0 saturated carbocycles. The van der Waals surface area contributed by atoms with Crippen LogP contribution >= 0.6 is 11.8 Å². The highest BCUT2D eigenvalue weighted by Gasteiger charge is 2.28. The fourth-order valence-electron chi connectivity index (χ4n) is 3.00. The van der Waals surface area contributed by atoms with E-state index in [0.29, 0.717) is 18.7 Å². The number of thioether (sulfide) groups is 1. The van der Waals surface area contributed by atoms with Gasteiger partial charge in [-0.05, 0) is 43.5 Å². The minimum absolute atomic E-state index is 0.0121. The highest BCUT2D eigenvalue weighted by atomic mass is 32.2. The topological polar surface area (TPSA) is 49.4 Å². The van der Waals surface area contributed by atoms with Crippen molar-refractivity contribution >= 4 is 23.6 Å². The van der Waals surface area contributed by atoms with Crippen molar-refractivity contribution in [1.82, 2.24) is 10.2 Å². The third kappa shape index (κ3) is 7.54. The normalized spacial score (nSPS) is 11.9. The van der Waals surface area contributed by atoms with Crippen LogP contribution in [-0.4, -0.2) is 34.6 Å². The Hall–Kier alpha value is -2.34. The van der Waals surface area contributed by atoms with Crippen LogP contribution in [0.1, 0.15) is 38.3 Å². The van der Waals surface area contributed by atoms with Crippen LogP contribution in [0.3, 0.4) is 0 Å². The standard InChI is InChI=1S/C23H29FN2O2S/c1-4-21(23(28)25-17(2)3)26(14-18-8-6-5-7-9-18)22(27)16-29-15-19-10-12-20(24)13-11-19/h5-13,17,21H,4,14-16H2,1-3H3,(H,25,28)/t21-/m0/s1. The van der Waals surface area contributed by atoms with E-state index in [-0.39, 0.29) is 29.4 Å². The molecule has 0 spiro atoms. The van der Waals surface area contributed by atoms with Gasteiger partial charge in [-0.3, -0.25) is 9.59 Å². The molecule has 2 aromatic carbocycles. The predicted molar refractivity (Wildman–Crippen MR) is 117 cm³/mol. The van der Waals surface area contributed by atoms with Crippen molar-refractivity contribution in [2.24, 2.45) is 0 Å². The number of amides is 2. The average Bonchev–Trinajstić information content (AvgIpc) is 2.69. The van der Waals surface area contributed by atoms with Crippen molar-refractivity contribution in [1.29, 1.82) is 0 Å². The first kappa shape index (κ1) is 22.9. The molecule has 1 atom stereocenters. The van der Waals surface area contributed by atoms with Crippen LogP contribution in [0.25, 0.3) is 0 Å². The van der Waals surface area contributed by atoms with Gasteiger partial charge in [0.15, 0.2) is 0 Å². The van der Waals surface area contributed by atoms with E-state index >= 15 is 0 Å². The molecule has 0 unspecified atom stereocenters. The summed E-state index contributed by atoms with van der Waals surface area (Å²) in [5, 5.41) is 2.93. The molecule has 29 heavy (non-hydrogen) atoms. The maximum Gasteiger partial charge on any atom is 0.243 e. The van der Waals surface area contributed by atoms with Gasteiger partial charge >= 0.3 is 0 Å². The number of nitrogens with zero attached hydrogens (tertiary/aromatic N) is 1. The quantitative estimate of drug-likeness (QED) is 0.625. The van der Waals surface area contributed by atoms with Crippen LogP contribution in [-0.2, 0) is 21.9 Å². The molecule has 0 aliphatic rings. The van der Waals surface area contributed by atoms with Gasteiger partial charge in [0.1, 0.15) is 11.9 Å². The van der Waals surface area contributed by atoms with E-state index in [0.717, 1.165) is 11.1 Å². The van der Waals surface area contributed by atoms with E-state index in [9.17, 15) is 14.0 Å². The van der Waals surface area contributed by atoms with Crippen LogP contribution in [0.15, 0.2) is 54.6 Å². The van der Waals surface area contributed by atoms with Crippen molar-refractivity contribution in [2.45, 2.75) is 51.6 Å². The second-order valence-corrected chi connectivity index (χ2v) is 8.20. The monoisotopic (exact) mass is 416 g/mol. The molecule has 1 N–H and O–H groups in total. The number of carbonyl (C=O) groups is 2. The first-order valence-corrected chi connectivity index (χ1v) is 11.0. The number of halogens is 1. The van der Waals surface area contributed by atoms with Gasteiger partial charge in [0.2, 0.25) is 11.8 Å². The second-order valence-electron chi connectivity index (χ2n) is 7.21. The fourth-order valence-corrected chi connectivity index (χ4v) is 3.87. The molecule has 156 valence electrons. The van der Waals surface area contributed by atoms with Crippen molar-refractivity contribution in [2.75, 3.05) is 5.75 Å². The van der Waals surface area contributed by atoms with Crippen molar-refractivity contribution in [3.63, 3.8) is 0 Å². The summed E-state index contributed by atoms with van der Waals surface area (Å²) >= 11 is 1.47. The van der Waals surface area contributed by atoms with Gasteiger partial charge in [0.25, 0.3) is 0 Å². The lowest BCUT2D eigenvalue weighted by Crippen LogP contribution is -2.50. The lowest BCUT2D eigenvalue weighted by atomic mass is 10.1. The molecule has 0 aromatic heterocycles. The van der Waals surface area contributed by atoms with Crippen molar-refractivity contribution in [3.8, 4) is 0 Å². The smallest absolute Gasteiger partial charge is 0.243 e. The largest absolute Gasteiger partial charge is 0.352 e. The van der Waals surface area contributed by atoms with Gasteiger partial charge in [-0.15, -0.1) is 11.8 Å². The minimum atomic E-state index is -0.517. The Morgan fingerprint density at radius 3 is 2.28 bits per heavy atom. The predicted octanol–water partition coefficient (Wildman–Crippen LogP) is 4.39. The summed E-state index contributed by atoms with van der Waals surface area (Å²) in [6.45, 7) is 6.13. The summed E-state index contributed by atoms with van der Waals surface area (Å²) in [5.74, 6) is 0.392. The van der Waals surface area contributed by atoms with E-state index in [1.165, 1.54) is 23.9 Å². The Labute approximate surface area is 176 Å². The molecule has 0 heterocycles. The van der Waals surface area contributed by atoms with E-state index in [2.05, 4.69) is 5.32 Å². The third-order valence-corrected chi connectivity index (χ3v) is 5.41. The van der Waals surface area contributed by atoms with Gasteiger partial charge in [0, 0.05) is 18.3 Å². The first-order chi connectivity index (χ1) is 13.9. The Balaban J connectivity index is 2.08. The van der Waals surface area contributed by atoms with Crippen LogP contribution in [0, 0.1) is 5.82 Å². The molecular formula is C23H29FN2O2S. The van der Waals surface area contributed by atoms with Gasteiger partial charge in [-0.25, -0.2) is 4.39 Å². The zero-order valence-electron chi connectivity index (χ0n) is 17.2. The van der Waals surface area contributed by atoms with Crippen LogP contribution in [0.2, 0.25) is 0 Å².